The quantitative estimate of drug-likeness (QED) is 0.688. The minimum atomic E-state index is -0.933. The molecule has 1 spiro atoms. The molecule has 0 bridgehead atoms. The van der Waals surface area contributed by atoms with E-state index in [1.165, 1.54) is 0 Å². The number of rotatable bonds is 0. The van der Waals surface area contributed by atoms with Crippen LogP contribution >= 0.6 is 11.6 Å². The molecular weight excluding hydrogens is 306 g/mol. The molecule has 2 aliphatic heterocycles. The second-order valence-electron chi connectivity index (χ2n) is 6.72. The largest absolute Gasteiger partial charge is 0.475 e. The lowest BCUT2D eigenvalue weighted by atomic mass is 9.84. The summed E-state index contributed by atoms with van der Waals surface area (Å²) < 4.78 is 11.1. The number of fused-ring (bicyclic) bond motifs is 1. The first-order chi connectivity index (χ1) is 10.2. The minimum absolute atomic E-state index is 0.225. The van der Waals surface area contributed by atoms with Gasteiger partial charge in [0.2, 0.25) is 5.60 Å². The van der Waals surface area contributed by atoms with Crippen LogP contribution in [0.3, 0.4) is 0 Å². The molecule has 22 heavy (non-hydrogen) atoms. The van der Waals surface area contributed by atoms with Crippen molar-refractivity contribution in [2.45, 2.75) is 44.8 Å². The number of hydrogen-bond acceptors (Lipinski definition) is 4. The van der Waals surface area contributed by atoms with Crippen LogP contribution in [0.15, 0.2) is 18.2 Å². The van der Waals surface area contributed by atoms with Crippen molar-refractivity contribution >= 4 is 23.6 Å². The van der Waals surface area contributed by atoms with Gasteiger partial charge in [0.05, 0.1) is 6.54 Å². The highest BCUT2D eigenvalue weighted by Gasteiger charge is 2.59. The zero-order chi connectivity index (χ0) is 16.1. The van der Waals surface area contributed by atoms with Gasteiger partial charge in [-0.3, -0.25) is 4.79 Å². The third kappa shape index (κ3) is 2.54. The maximum absolute atomic E-state index is 12.4. The first-order valence-corrected chi connectivity index (χ1v) is 7.60. The molecule has 6 heteroatoms. The number of carbonyl (C=O) groups excluding carboxylic acids is 2. The number of halogens is 1. The summed E-state index contributed by atoms with van der Waals surface area (Å²) in [6.45, 7) is 5.52. The molecule has 2 amide bonds. The second-order valence-corrected chi connectivity index (χ2v) is 7.16. The molecule has 2 aliphatic rings. The van der Waals surface area contributed by atoms with E-state index in [1.54, 1.807) is 32.9 Å². The van der Waals surface area contributed by atoms with Crippen LogP contribution in [0.2, 0.25) is 5.02 Å². The zero-order valence-corrected chi connectivity index (χ0v) is 13.6. The lowest BCUT2D eigenvalue weighted by molar-refractivity contribution is -0.170. The topological polar surface area (TPSA) is 55.8 Å². The molecule has 118 valence electrons. The SMILES string of the molecule is CC(C)(C)OC(=O)N1CC2(CCc3cc(Cl)ccc3O2)C1=O. The number of carbonyl (C=O) groups is 2. The van der Waals surface area contributed by atoms with Crippen molar-refractivity contribution in [3.05, 3.63) is 28.8 Å². The average molecular weight is 324 g/mol. The van der Waals surface area contributed by atoms with E-state index in [4.69, 9.17) is 21.1 Å². The first-order valence-electron chi connectivity index (χ1n) is 7.23. The summed E-state index contributed by atoms with van der Waals surface area (Å²) in [5.41, 5.74) is -0.573. The van der Waals surface area contributed by atoms with E-state index in [1.807, 2.05) is 6.07 Å². The maximum atomic E-state index is 12.4. The van der Waals surface area contributed by atoms with Crippen LogP contribution in [0.25, 0.3) is 0 Å². The number of amides is 2. The third-order valence-electron chi connectivity index (χ3n) is 3.79. The van der Waals surface area contributed by atoms with Crippen LogP contribution in [0.1, 0.15) is 32.8 Å². The Labute approximate surface area is 134 Å². The average Bonchev–Trinajstić information content (AvgIpc) is 2.42. The molecule has 1 aromatic rings. The number of ether oxygens (including phenoxy) is 2. The highest BCUT2D eigenvalue weighted by Crippen LogP contribution is 2.40. The van der Waals surface area contributed by atoms with Gasteiger partial charge in [0.25, 0.3) is 5.91 Å². The number of hydrogen-bond donors (Lipinski definition) is 0. The van der Waals surface area contributed by atoms with Gasteiger partial charge in [0.1, 0.15) is 11.4 Å². The summed E-state index contributed by atoms with van der Waals surface area (Å²) in [6.07, 6.45) is 0.621. The lowest BCUT2D eigenvalue weighted by Crippen LogP contribution is -2.72. The van der Waals surface area contributed by atoms with Crippen molar-refractivity contribution in [1.29, 1.82) is 0 Å². The Morgan fingerprint density at radius 3 is 2.77 bits per heavy atom. The Kier molecular flexibility index (Phi) is 3.36. The number of nitrogens with zero attached hydrogens (tertiary/aromatic N) is 1. The van der Waals surface area contributed by atoms with Gasteiger partial charge in [-0.25, -0.2) is 9.69 Å². The lowest BCUT2D eigenvalue weighted by Gasteiger charge is -2.48. The molecule has 0 radical (unpaired) electrons. The van der Waals surface area contributed by atoms with Crippen LogP contribution in [0, 0.1) is 0 Å². The highest BCUT2D eigenvalue weighted by molar-refractivity contribution is 6.30. The van der Waals surface area contributed by atoms with Crippen molar-refractivity contribution in [2.24, 2.45) is 0 Å². The molecule has 1 fully saturated rings. The Morgan fingerprint density at radius 2 is 2.14 bits per heavy atom. The smallest absolute Gasteiger partial charge is 0.417 e. The van der Waals surface area contributed by atoms with Crippen LogP contribution in [0.5, 0.6) is 5.75 Å². The van der Waals surface area contributed by atoms with Gasteiger partial charge in [-0.05, 0) is 51.0 Å². The molecule has 5 nitrogen and oxygen atoms in total. The molecule has 0 saturated carbocycles. The molecule has 1 aromatic carbocycles. The Balaban J connectivity index is 1.72. The van der Waals surface area contributed by atoms with E-state index < -0.39 is 17.3 Å². The molecule has 0 N–H and O–H groups in total. The molecule has 1 atom stereocenters. The van der Waals surface area contributed by atoms with E-state index in [2.05, 4.69) is 0 Å². The van der Waals surface area contributed by atoms with Gasteiger partial charge in [-0.15, -0.1) is 0 Å². The monoisotopic (exact) mass is 323 g/mol. The summed E-state index contributed by atoms with van der Waals surface area (Å²) in [5.74, 6) is 0.329. The summed E-state index contributed by atoms with van der Waals surface area (Å²) in [6, 6.07) is 5.34. The summed E-state index contributed by atoms with van der Waals surface area (Å²) in [4.78, 5) is 25.5. The van der Waals surface area contributed by atoms with Gasteiger partial charge in [-0.1, -0.05) is 11.6 Å². The molecule has 3 rings (SSSR count). The van der Waals surface area contributed by atoms with Crippen molar-refractivity contribution < 1.29 is 19.1 Å². The van der Waals surface area contributed by atoms with Gasteiger partial charge in [0.15, 0.2) is 0 Å². The third-order valence-corrected chi connectivity index (χ3v) is 4.02. The van der Waals surface area contributed by atoms with E-state index in [-0.39, 0.29) is 12.5 Å². The second kappa shape index (κ2) is 4.88. The van der Waals surface area contributed by atoms with Gasteiger partial charge in [-0.2, -0.15) is 0 Å². The fraction of sp³-hybridized carbons (Fsp3) is 0.500. The number of imide groups is 1. The molecule has 1 unspecified atom stereocenters. The highest BCUT2D eigenvalue weighted by atomic mass is 35.5. The van der Waals surface area contributed by atoms with Crippen LogP contribution in [-0.2, 0) is 16.0 Å². The van der Waals surface area contributed by atoms with Crippen molar-refractivity contribution in [3.8, 4) is 5.75 Å². The Morgan fingerprint density at radius 1 is 1.41 bits per heavy atom. The molecule has 0 aromatic heterocycles. The predicted octanol–water partition coefficient (Wildman–Crippen LogP) is 3.18. The van der Waals surface area contributed by atoms with Crippen LogP contribution in [-0.4, -0.2) is 34.6 Å². The van der Waals surface area contributed by atoms with E-state index in [9.17, 15) is 9.59 Å². The zero-order valence-electron chi connectivity index (χ0n) is 12.8. The normalized spacial score (nSPS) is 23.6. The molecule has 2 heterocycles. The van der Waals surface area contributed by atoms with E-state index in [0.717, 1.165) is 10.5 Å². The van der Waals surface area contributed by atoms with Gasteiger partial charge in [0, 0.05) is 11.4 Å². The standard InChI is InChI=1S/C16H18ClNO4/c1-15(2,3)22-14(20)18-9-16(13(18)19)7-6-10-8-11(17)4-5-12(10)21-16/h4-5,8H,6-7,9H2,1-3H3. The number of aryl methyl sites for hydroxylation is 1. The number of benzene rings is 1. The first kappa shape index (κ1) is 15.2. The molecule has 1 saturated heterocycles. The van der Waals surface area contributed by atoms with Crippen molar-refractivity contribution in [3.63, 3.8) is 0 Å². The van der Waals surface area contributed by atoms with Gasteiger partial charge < -0.3 is 9.47 Å². The van der Waals surface area contributed by atoms with Crippen molar-refractivity contribution in [2.75, 3.05) is 6.54 Å². The van der Waals surface area contributed by atoms with Gasteiger partial charge >= 0.3 is 6.09 Å². The number of likely N-dealkylation sites (tertiary alicyclic amines) is 1. The van der Waals surface area contributed by atoms with Crippen LogP contribution in [0.4, 0.5) is 4.79 Å². The Bertz CT molecular complexity index is 652. The van der Waals surface area contributed by atoms with Crippen LogP contribution < -0.4 is 4.74 Å². The van der Waals surface area contributed by atoms with E-state index >= 15 is 0 Å². The number of β-lactam (4-membered cyclic amide) rings is 1. The minimum Gasteiger partial charge on any atom is -0.475 e. The Hall–Kier alpha value is -1.75. The molecular formula is C16H18ClNO4. The fourth-order valence-electron chi connectivity index (χ4n) is 2.72. The summed E-state index contributed by atoms with van der Waals surface area (Å²) in [5, 5.41) is 0.647. The summed E-state index contributed by atoms with van der Waals surface area (Å²) >= 11 is 5.96. The fourth-order valence-corrected chi connectivity index (χ4v) is 2.91. The maximum Gasteiger partial charge on any atom is 0.417 e. The predicted molar refractivity (Wildman–Crippen MR) is 81.1 cm³/mol. The molecule has 0 aliphatic carbocycles. The van der Waals surface area contributed by atoms with E-state index in [0.29, 0.717) is 23.6 Å². The summed E-state index contributed by atoms with van der Waals surface area (Å²) in [7, 11) is 0. The van der Waals surface area contributed by atoms with Crippen molar-refractivity contribution in [1.82, 2.24) is 4.90 Å².